The fourth-order valence-electron chi connectivity index (χ4n) is 0.0619. The first-order valence-corrected chi connectivity index (χ1v) is 4.51. The number of alkyl halides is 5. The van der Waals surface area contributed by atoms with Crippen molar-refractivity contribution in [2.24, 2.45) is 0 Å². The Balaban J connectivity index is 4.14. The second-order valence-electron chi connectivity index (χ2n) is 1.23. The smallest absolute Gasteiger partial charge is 0.0955 e. The minimum absolute atomic E-state index is 1.22. The highest BCUT2D eigenvalue weighted by Crippen LogP contribution is 2.48. The number of rotatable bonds is 1. The zero-order chi connectivity index (χ0) is 7.71. The summed E-state index contributed by atoms with van der Waals surface area (Å²) < 4.78 is -3.20. The molecule has 0 aliphatic heterocycles. The predicted octanol–water partition coefficient (Wildman–Crippen LogP) is 4.09. The summed E-state index contributed by atoms with van der Waals surface area (Å²) in [7, 11) is 0. The van der Waals surface area contributed by atoms with E-state index in [0.29, 0.717) is 0 Å². The largest absolute Gasteiger partial charge is 0.224 e. The summed E-state index contributed by atoms with van der Waals surface area (Å²) in [5.74, 6) is 0. The van der Waals surface area contributed by atoms with Crippen molar-refractivity contribution in [1.29, 1.82) is 0 Å². The van der Waals surface area contributed by atoms with E-state index in [1.165, 1.54) is 5.33 Å². The summed E-state index contributed by atoms with van der Waals surface area (Å²) in [4.78, 5) is 0. The van der Waals surface area contributed by atoms with E-state index in [0.717, 1.165) is 0 Å². The van der Waals surface area contributed by atoms with Crippen molar-refractivity contribution in [2.45, 2.75) is 8.13 Å². The van der Waals surface area contributed by atoms with Gasteiger partial charge in [-0.15, -0.1) is 0 Å². The average molecular weight is 294 g/mol. The van der Waals surface area contributed by atoms with E-state index in [1.54, 1.807) is 0 Å². The molecule has 0 aromatic carbocycles. The van der Waals surface area contributed by atoms with Crippen LogP contribution in [-0.2, 0) is 0 Å². The molecule has 0 fully saturated rings. The molecule has 1 radical (unpaired) electrons. The van der Waals surface area contributed by atoms with E-state index in [2.05, 4.69) is 15.9 Å². The van der Waals surface area contributed by atoms with Gasteiger partial charge in [0.05, 0.1) is 5.33 Å². The third-order valence-electron chi connectivity index (χ3n) is 0.515. The summed E-state index contributed by atoms with van der Waals surface area (Å²) >= 11 is 29.8. The first-order valence-electron chi connectivity index (χ1n) is 1.70. The standard InChI is InChI=1S/C3HBrCl5/c4-1-2(5,6)3(7,8)9/h1H. The number of hydrogen-bond acceptors (Lipinski definition) is 0. The molecule has 0 nitrogen and oxygen atoms in total. The summed E-state index contributed by atoms with van der Waals surface area (Å²) in [5, 5.41) is 1.22. The van der Waals surface area contributed by atoms with Crippen LogP contribution >= 0.6 is 73.9 Å². The van der Waals surface area contributed by atoms with Crippen LogP contribution in [0.5, 0.6) is 0 Å². The Morgan fingerprint density at radius 3 is 1.33 bits per heavy atom. The molecule has 0 aromatic heterocycles. The molecule has 0 heterocycles. The van der Waals surface area contributed by atoms with E-state index < -0.39 is 8.13 Å². The van der Waals surface area contributed by atoms with Crippen molar-refractivity contribution < 1.29 is 0 Å². The summed E-state index contributed by atoms with van der Waals surface area (Å²) in [6.45, 7) is 0. The van der Waals surface area contributed by atoms with Crippen molar-refractivity contribution in [2.75, 3.05) is 0 Å². The van der Waals surface area contributed by atoms with Crippen molar-refractivity contribution in [1.82, 2.24) is 0 Å². The van der Waals surface area contributed by atoms with Gasteiger partial charge in [0.15, 0.2) is 4.33 Å². The lowest BCUT2D eigenvalue weighted by Crippen LogP contribution is -2.29. The maximum absolute atomic E-state index is 5.46. The van der Waals surface area contributed by atoms with Crippen LogP contribution in [0.2, 0.25) is 0 Å². The molecule has 9 heavy (non-hydrogen) atoms. The van der Waals surface area contributed by atoms with E-state index in [9.17, 15) is 0 Å². The molecule has 0 saturated heterocycles. The maximum atomic E-state index is 5.46. The van der Waals surface area contributed by atoms with Gasteiger partial charge in [-0.3, -0.25) is 0 Å². The van der Waals surface area contributed by atoms with E-state index in [4.69, 9.17) is 58.0 Å². The molecule has 0 unspecified atom stereocenters. The number of hydrogen-bond donors (Lipinski definition) is 0. The van der Waals surface area contributed by atoms with Gasteiger partial charge in [0.2, 0.25) is 3.79 Å². The Hall–Kier alpha value is 1.93. The molecule has 0 aliphatic rings. The lowest BCUT2D eigenvalue weighted by Gasteiger charge is -2.23. The molecule has 0 N–H and O–H groups in total. The van der Waals surface area contributed by atoms with Crippen LogP contribution in [0.4, 0.5) is 0 Å². The van der Waals surface area contributed by atoms with Gasteiger partial charge in [-0.2, -0.15) is 0 Å². The maximum Gasteiger partial charge on any atom is 0.224 e. The minimum Gasteiger partial charge on any atom is -0.0955 e. The summed E-state index contributed by atoms with van der Waals surface area (Å²) in [6, 6.07) is 0. The van der Waals surface area contributed by atoms with Gasteiger partial charge in [0.1, 0.15) is 0 Å². The lowest BCUT2D eigenvalue weighted by atomic mass is 10.5. The molecule has 0 aliphatic carbocycles. The van der Waals surface area contributed by atoms with Crippen molar-refractivity contribution >= 4 is 73.9 Å². The van der Waals surface area contributed by atoms with Crippen LogP contribution in [0.15, 0.2) is 0 Å². The molecule has 0 bridgehead atoms. The predicted molar refractivity (Wildman–Crippen MR) is 48.0 cm³/mol. The molecule has 0 atom stereocenters. The van der Waals surface area contributed by atoms with Crippen LogP contribution in [-0.4, -0.2) is 8.13 Å². The molecule has 55 valence electrons. The quantitative estimate of drug-likeness (QED) is 0.639. The van der Waals surface area contributed by atoms with E-state index in [1.807, 2.05) is 0 Å². The minimum atomic E-state index is -1.71. The van der Waals surface area contributed by atoms with Gasteiger partial charge in [0, 0.05) is 0 Å². The Morgan fingerprint density at radius 2 is 1.33 bits per heavy atom. The molecule has 6 heteroatoms. The van der Waals surface area contributed by atoms with Gasteiger partial charge in [-0.25, -0.2) is 0 Å². The van der Waals surface area contributed by atoms with Crippen molar-refractivity contribution in [3.63, 3.8) is 0 Å². The first kappa shape index (κ1) is 10.9. The van der Waals surface area contributed by atoms with Gasteiger partial charge < -0.3 is 0 Å². The number of halogens is 6. The van der Waals surface area contributed by atoms with Crippen LogP contribution in [0, 0.1) is 5.33 Å². The highest BCUT2D eigenvalue weighted by molar-refractivity contribution is 9.10. The van der Waals surface area contributed by atoms with Crippen LogP contribution in [0.1, 0.15) is 0 Å². The van der Waals surface area contributed by atoms with Crippen LogP contribution in [0.3, 0.4) is 0 Å². The zero-order valence-electron chi connectivity index (χ0n) is 3.85. The topological polar surface area (TPSA) is 0 Å². The van der Waals surface area contributed by atoms with E-state index in [-0.39, 0.29) is 0 Å². The highest BCUT2D eigenvalue weighted by Gasteiger charge is 2.45. The second kappa shape index (κ2) is 3.55. The third kappa shape index (κ3) is 3.22. The summed E-state index contributed by atoms with van der Waals surface area (Å²) in [6.07, 6.45) is 0. The van der Waals surface area contributed by atoms with Crippen molar-refractivity contribution in [3.8, 4) is 0 Å². The highest BCUT2D eigenvalue weighted by atomic mass is 79.9. The van der Waals surface area contributed by atoms with Crippen LogP contribution in [0.25, 0.3) is 0 Å². The molecular weight excluding hydrogens is 293 g/mol. The fourth-order valence-corrected chi connectivity index (χ4v) is 0.964. The second-order valence-corrected chi connectivity index (χ2v) is 5.35. The SMILES string of the molecule is ClC(Cl)(Cl)C(Cl)(Cl)[CH]Br. The van der Waals surface area contributed by atoms with Gasteiger partial charge in [0.25, 0.3) is 0 Å². The van der Waals surface area contributed by atoms with Gasteiger partial charge >= 0.3 is 0 Å². The Labute approximate surface area is 86.9 Å². The normalized spacial score (nSPS) is 14.0. The Kier molecular flexibility index (Phi) is 4.31. The fraction of sp³-hybridized carbons (Fsp3) is 0.667. The monoisotopic (exact) mass is 291 g/mol. The van der Waals surface area contributed by atoms with E-state index >= 15 is 0 Å². The Bertz CT molecular complexity index is 94.9. The van der Waals surface area contributed by atoms with Crippen LogP contribution < -0.4 is 0 Å². The average Bonchev–Trinajstić information content (AvgIpc) is 1.64. The molecule has 0 spiro atoms. The van der Waals surface area contributed by atoms with Crippen molar-refractivity contribution in [3.05, 3.63) is 5.33 Å². The third-order valence-corrected chi connectivity index (χ3v) is 3.99. The first-order chi connectivity index (χ1) is 3.81. The molecule has 0 amide bonds. The van der Waals surface area contributed by atoms with Gasteiger partial charge in [-0.1, -0.05) is 73.9 Å². The van der Waals surface area contributed by atoms with Gasteiger partial charge in [-0.05, 0) is 0 Å². The molecule has 0 aromatic rings. The lowest BCUT2D eigenvalue weighted by molar-refractivity contribution is 0.977. The summed E-state index contributed by atoms with van der Waals surface area (Å²) in [5.41, 5.74) is 0. The zero-order valence-corrected chi connectivity index (χ0v) is 9.21. The molecule has 0 rings (SSSR count). The molecular formula is C3HBrCl5. The Morgan fingerprint density at radius 1 is 1.00 bits per heavy atom. The molecule has 0 saturated carbocycles.